The minimum Gasteiger partial charge on any atom is -0.307 e. The third kappa shape index (κ3) is 2.96. The normalized spacial score (nSPS) is 21.5. The molecule has 0 bridgehead atoms. The highest BCUT2D eigenvalue weighted by Gasteiger charge is 2.24. The van der Waals surface area contributed by atoms with Gasteiger partial charge in [0.25, 0.3) is 0 Å². The van der Waals surface area contributed by atoms with Crippen LogP contribution in [0, 0.1) is 0 Å². The summed E-state index contributed by atoms with van der Waals surface area (Å²) in [7, 11) is 0. The molecular weight excluding hydrogens is 230 g/mol. The standard InChI is InChI=1S/C14H21NOS/c1-14(2,3)12-8-7-11(17-12)13(16)10-6-4-5-9-15-10/h7-8,10,15H,4-6,9H2,1-3H3. The van der Waals surface area contributed by atoms with Crippen LogP contribution in [0.2, 0.25) is 0 Å². The predicted molar refractivity (Wildman–Crippen MR) is 73.0 cm³/mol. The van der Waals surface area contributed by atoms with Gasteiger partial charge in [-0.05, 0) is 36.9 Å². The Labute approximate surface area is 107 Å². The topological polar surface area (TPSA) is 29.1 Å². The molecule has 2 heterocycles. The first-order chi connectivity index (χ1) is 7.98. The molecule has 1 unspecified atom stereocenters. The zero-order valence-electron chi connectivity index (χ0n) is 10.9. The summed E-state index contributed by atoms with van der Waals surface area (Å²) in [6, 6.07) is 4.14. The second-order valence-corrected chi connectivity index (χ2v) is 6.86. The predicted octanol–water partition coefficient (Wildman–Crippen LogP) is 3.37. The van der Waals surface area contributed by atoms with Gasteiger partial charge in [0.1, 0.15) is 0 Å². The third-order valence-electron chi connectivity index (χ3n) is 3.21. The van der Waals surface area contributed by atoms with Gasteiger partial charge < -0.3 is 5.32 Å². The Balaban J connectivity index is 2.11. The molecule has 0 aromatic carbocycles. The van der Waals surface area contributed by atoms with Gasteiger partial charge in [-0.2, -0.15) is 0 Å². The number of thiophene rings is 1. The maximum Gasteiger partial charge on any atom is 0.189 e. The van der Waals surface area contributed by atoms with Crippen molar-refractivity contribution in [1.82, 2.24) is 5.32 Å². The van der Waals surface area contributed by atoms with E-state index in [1.165, 1.54) is 17.7 Å². The molecule has 0 radical (unpaired) electrons. The largest absolute Gasteiger partial charge is 0.307 e. The van der Waals surface area contributed by atoms with Gasteiger partial charge in [0.2, 0.25) is 0 Å². The van der Waals surface area contributed by atoms with E-state index in [0.29, 0.717) is 0 Å². The highest BCUT2D eigenvalue weighted by atomic mass is 32.1. The first-order valence-corrected chi connectivity index (χ1v) is 7.18. The highest BCUT2D eigenvalue weighted by Crippen LogP contribution is 2.30. The lowest BCUT2D eigenvalue weighted by molar-refractivity contribution is 0.0931. The van der Waals surface area contributed by atoms with Crippen LogP contribution in [0.25, 0.3) is 0 Å². The second-order valence-electron chi connectivity index (χ2n) is 5.78. The number of ketones is 1. The molecule has 0 amide bonds. The van der Waals surface area contributed by atoms with Crippen molar-refractivity contribution < 1.29 is 4.79 Å². The first kappa shape index (κ1) is 12.8. The Morgan fingerprint density at radius 3 is 2.65 bits per heavy atom. The van der Waals surface area contributed by atoms with E-state index in [-0.39, 0.29) is 17.2 Å². The number of carbonyl (C=O) groups excluding carboxylic acids is 1. The van der Waals surface area contributed by atoms with E-state index >= 15 is 0 Å². The van der Waals surface area contributed by atoms with Crippen LogP contribution < -0.4 is 5.32 Å². The molecule has 1 aromatic heterocycles. The van der Waals surface area contributed by atoms with E-state index in [0.717, 1.165) is 17.8 Å². The quantitative estimate of drug-likeness (QED) is 0.817. The monoisotopic (exact) mass is 251 g/mol. The Bertz CT molecular complexity index is 397. The van der Waals surface area contributed by atoms with E-state index in [4.69, 9.17) is 0 Å². The van der Waals surface area contributed by atoms with Crippen molar-refractivity contribution in [2.75, 3.05) is 6.54 Å². The van der Waals surface area contributed by atoms with Gasteiger partial charge in [0.15, 0.2) is 5.78 Å². The number of piperidine rings is 1. The molecule has 1 saturated heterocycles. The summed E-state index contributed by atoms with van der Waals surface area (Å²) in [4.78, 5) is 14.5. The highest BCUT2D eigenvalue weighted by molar-refractivity contribution is 7.14. The van der Waals surface area contributed by atoms with E-state index in [1.54, 1.807) is 11.3 Å². The molecule has 17 heavy (non-hydrogen) atoms. The molecule has 3 heteroatoms. The van der Waals surface area contributed by atoms with Crippen LogP contribution in [0.4, 0.5) is 0 Å². The van der Waals surface area contributed by atoms with E-state index < -0.39 is 0 Å². The van der Waals surface area contributed by atoms with Gasteiger partial charge in [-0.1, -0.05) is 27.2 Å². The molecule has 1 aliphatic heterocycles. The van der Waals surface area contributed by atoms with Gasteiger partial charge in [0, 0.05) is 4.88 Å². The Morgan fingerprint density at radius 1 is 1.35 bits per heavy atom. The van der Waals surface area contributed by atoms with Crippen molar-refractivity contribution in [2.45, 2.75) is 51.5 Å². The van der Waals surface area contributed by atoms with Crippen molar-refractivity contribution in [3.05, 3.63) is 21.9 Å². The molecule has 1 fully saturated rings. The summed E-state index contributed by atoms with van der Waals surface area (Å²) in [5, 5.41) is 3.32. The third-order valence-corrected chi connectivity index (χ3v) is 4.74. The number of nitrogens with one attached hydrogen (secondary N) is 1. The molecule has 94 valence electrons. The maximum atomic E-state index is 12.3. The Kier molecular flexibility index (Phi) is 3.69. The Hall–Kier alpha value is -0.670. The summed E-state index contributed by atoms with van der Waals surface area (Å²) in [5.74, 6) is 0.283. The van der Waals surface area contributed by atoms with Gasteiger partial charge in [-0.25, -0.2) is 0 Å². The lowest BCUT2D eigenvalue weighted by atomic mass is 9.95. The van der Waals surface area contributed by atoms with Crippen LogP contribution in [-0.2, 0) is 5.41 Å². The zero-order chi connectivity index (χ0) is 12.5. The number of hydrogen-bond donors (Lipinski definition) is 1. The molecule has 1 aliphatic rings. The zero-order valence-corrected chi connectivity index (χ0v) is 11.7. The van der Waals surface area contributed by atoms with Crippen LogP contribution in [-0.4, -0.2) is 18.4 Å². The number of carbonyl (C=O) groups is 1. The smallest absolute Gasteiger partial charge is 0.189 e. The number of Topliss-reactive ketones (excluding diaryl/α,β-unsaturated/α-hetero) is 1. The van der Waals surface area contributed by atoms with E-state index in [9.17, 15) is 4.79 Å². The Morgan fingerprint density at radius 2 is 2.12 bits per heavy atom. The van der Waals surface area contributed by atoms with Crippen LogP contribution in [0.1, 0.15) is 54.6 Å². The van der Waals surface area contributed by atoms with Gasteiger partial charge in [-0.3, -0.25) is 4.79 Å². The molecule has 0 spiro atoms. The van der Waals surface area contributed by atoms with E-state index in [1.807, 2.05) is 6.07 Å². The minimum absolute atomic E-state index is 0.0511. The average Bonchev–Trinajstić information content (AvgIpc) is 2.78. The molecule has 1 atom stereocenters. The van der Waals surface area contributed by atoms with Gasteiger partial charge in [0.05, 0.1) is 10.9 Å². The summed E-state index contributed by atoms with van der Waals surface area (Å²) < 4.78 is 0. The lowest BCUT2D eigenvalue weighted by Gasteiger charge is -2.21. The molecular formula is C14H21NOS. The maximum absolute atomic E-state index is 12.3. The van der Waals surface area contributed by atoms with Crippen LogP contribution in [0.5, 0.6) is 0 Å². The van der Waals surface area contributed by atoms with Crippen LogP contribution in [0.3, 0.4) is 0 Å². The van der Waals surface area contributed by atoms with Crippen molar-refractivity contribution in [1.29, 1.82) is 0 Å². The van der Waals surface area contributed by atoms with Gasteiger partial charge >= 0.3 is 0 Å². The van der Waals surface area contributed by atoms with Crippen LogP contribution >= 0.6 is 11.3 Å². The summed E-state index contributed by atoms with van der Waals surface area (Å²) in [5.41, 5.74) is 0.142. The average molecular weight is 251 g/mol. The molecule has 0 aliphatic carbocycles. The number of hydrogen-bond acceptors (Lipinski definition) is 3. The van der Waals surface area contributed by atoms with Crippen molar-refractivity contribution in [3.63, 3.8) is 0 Å². The van der Waals surface area contributed by atoms with Crippen molar-refractivity contribution in [3.8, 4) is 0 Å². The molecule has 0 saturated carbocycles. The molecule has 2 rings (SSSR count). The summed E-state index contributed by atoms with van der Waals surface area (Å²) >= 11 is 1.65. The fraction of sp³-hybridized carbons (Fsp3) is 0.643. The summed E-state index contributed by atoms with van der Waals surface area (Å²) in [6.45, 7) is 7.54. The fourth-order valence-electron chi connectivity index (χ4n) is 2.12. The molecule has 2 nitrogen and oxygen atoms in total. The minimum atomic E-state index is 0.0511. The lowest BCUT2D eigenvalue weighted by Crippen LogP contribution is -2.40. The summed E-state index contributed by atoms with van der Waals surface area (Å²) in [6.07, 6.45) is 3.35. The van der Waals surface area contributed by atoms with Crippen LogP contribution in [0.15, 0.2) is 12.1 Å². The van der Waals surface area contributed by atoms with E-state index in [2.05, 4.69) is 32.2 Å². The van der Waals surface area contributed by atoms with Crippen molar-refractivity contribution in [2.24, 2.45) is 0 Å². The fourth-order valence-corrected chi connectivity index (χ4v) is 3.18. The SMILES string of the molecule is CC(C)(C)c1ccc(C(=O)C2CCCCN2)s1. The first-order valence-electron chi connectivity index (χ1n) is 6.36. The van der Waals surface area contributed by atoms with Crippen molar-refractivity contribution >= 4 is 17.1 Å². The molecule has 1 N–H and O–H groups in total. The molecule has 1 aromatic rings. The number of rotatable bonds is 2. The second kappa shape index (κ2) is 4.91. The van der Waals surface area contributed by atoms with Gasteiger partial charge in [-0.15, -0.1) is 11.3 Å².